The number of aliphatic hydroxyl groups is 1. The predicted molar refractivity (Wildman–Crippen MR) is 74.5 cm³/mol. The van der Waals surface area contributed by atoms with E-state index in [1.54, 1.807) is 19.0 Å². The molecule has 0 atom stereocenters. The van der Waals surface area contributed by atoms with Crippen LogP contribution in [0.4, 0.5) is 10.6 Å². The number of hydrogen-bond acceptors (Lipinski definition) is 5. The molecule has 1 saturated heterocycles. The first-order valence-electron chi connectivity index (χ1n) is 6.80. The third-order valence-corrected chi connectivity index (χ3v) is 3.27. The Morgan fingerprint density at radius 2 is 2.10 bits per heavy atom. The number of piperidine rings is 1. The van der Waals surface area contributed by atoms with Gasteiger partial charge in [0.2, 0.25) is 5.91 Å². The minimum atomic E-state index is -0.315. The van der Waals surface area contributed by atoms with Crippen molar-refractivity contribution in [2.75, 3.05) is 32.5 Å². The third kappa shape index (κ3) is 4.15. The van der Waals surface area contributed by atoms with E-state index >= 15 is 0 Å². The molecule has 2 rings (SSSR count). The van der Waals surface area contributed by atoms with Gasteiger partial charge >= 0.3 is 6.03 Å². The molecule has 1 aliphatic heterocycles. The Morgan fingerprint density at radius 3 is 2.71 bits per heavy atom. The largest absolute Gasteiger partial charge is 0.393 e. The number of urea groups is 1. The fourth-order valence-electron chi connectivity index (χ4n) is 1.99. The number of anilines is 1. The Labute approximate surface area is 122 Å². The number of amides is 3. The van der Waals surface area contributed by atoms with Gasteiger partial charge in [0.15, 0.2) is 5.82 Å². The highest BCUT2D eigenvalue weighted by atomic mass is 16.3. The fraction of sp³-hybridized carbons (Fsp3) is 0.667. The number of carbonyl (C=O) groups excluding carboxylic acids is 2. The summed E-state index contributed by atoms with van der Waals surface area (Å²) in [5.74, 6) is 0.207. The first-order chi connectivity index (χ1) is 9.95. The first-order valence-corrected chi connectivity index (χ1v) is 6.80. The van der Waals surface area contributed by atoms with Gasteiger partial charge in [-0.3, -0.25) is 10.1 Å². The number of rotatable bonds is 3. The van der Waals surface area contributed by atoms with Crippen LogP contribution in [0.25, 0.3) is 0 Å². The third-order valence-electron chi connectivity index (χ3n) is 3.27. The molecule has 0 spiro atoms. The molecule has 0 radical (unpaired) electrons. The normalized spacial score (nSPS) is 15.9. The lowest BCUT2D eigenvalue weighted by Crippen LogP contribution is -2.41. The molecule has 0 saturated carbocycles. The summed E-state index contributed by atoms with van der Waals surface area (Å²) in [6.07, 6.45) is 2.28. The van der Waals surface area contributed by atoms with Gasteiger partial charge in [0, 0.05) is 27.2 Å². The van der Waals surface area contributed by atoms with E-state index in [-0.39, 0.29) is 24.6 Å². The van der Waals surface area contributed by atoms with E-state index in [0.717, 1.165) is 0 Å². The Balaban J connectivity index is 1.87. The van der Waals surface area contributed by atoms with Crippen molar-refractivity contribution >= 4 is 17.8 Å². The summed E-state index contributed by atoms with van der Waals surface area (Å²) in [6, 6.07) is -0.307. The lowest BCUT2D eigenvalue weighted by molar-refractivity contribution is -0.134. The summed E-state index contributed by atoms with van der Waals surface area (Å²) >= 11 is 0. The Kier molecular flexibility index (Phi) is 4.73. The van der Waals surface area contributed by atoms with Crippen LogP contribution in [0.5, 0.6) is 0 Å². The maximum atomic E-state index is 12.1. The Morgan fingerprint density at radius 1 is 1.43 bits per heavy atom. The minimum absolute atomic E-state index is 0.0218. The summed E-state index contributed by atoms with van der Waals surface area (Å²) in [6.45, 7) is 1.12. The zero-order valence-corrected chi connectivity index (χ0v) is 12.2. The van der Waals surface area contributed by atoms with Gasteiger partial charge in [-0.2, -0.15) is 9.90 Å². The van der Waals surface area contributed by atoms with Crippen LogP contribution in [-0.4, -0.2) is 75.1 Å². The molecule has 9 nitrogen and oxygen atoms in total. The highest BCUT2D eigenvalue weighted by Crippen LogP contribution is 2.10. The monoisotopic (exact) mass is 296 g/mol. The number of aliphatic hydroxyl groups excluding tert-OH is 1. The second-order valence-corrected chi connectivity index (χ2v) is 5.20. The summed E-state index contributed by atoms with van der Waals surface area (Å²) in [7, 11) is 3.24. The molecule has 9 heteroatoms. The second-order valence-electron chi connectivity index (χ2n) is 5.20. The van der Waals surface area contributed by atoms with E-state index in [1.165, 1.54) is 15.9 Å². The number of likely N-dealkylation sites (tertiary alicyclic amines) is 1. The van der Waals surface area contributed by atoms with Crippen molar-refractivity contribution in [3.63, 3.8) is 0 Å². The van der Waals surface area contributed by atoms with E-state index in [4.69, 9.17) is 0 Å². The number of aromatic nitrogens is 3. The zero-order valence-electron chi connectivity index (χ0n) is 12.2. The number of nitrogens with one attached hydrogen (secondary N) is 1. The van der Waals surface area contributed by atoms with Crippen molar-refractivity contribution in [1.29, 1.82) is 0 Å². The van der Waals surface area contributed by atoms with Gasteiger partial charge in [-0.1, -0.05) is 0 Å². The van der Waals surface area contributed by atoms with E-state index < -0.39 is 0 Å². The lowest BCUT2D eigenvalue weighted by atomic mass is 10.1. The highest BCUT2D eigenvalue weighted by molar-refractivity contribution is 5.87. The molecular weight excluding hydrogens is 276 g/mol. The molecule has 2 heterocycles. The van der Waals surface area contributed by atoms with E-state index in [2.05, 4.69) is 15.5 Å². The van der Waals surface area contributed by atoms with E-state index in [0.29, 0.717) is 31.7 Å². The fourth-order valence-corrected chi connectivity index (χ4v) is 1.99. The van der Waals surface area contributed by atoms with Crippen molar-refractivity contribution in [3.8, 4) is 0 Å². The second kappa shape index (κ2) is 6.53. The van der Waals surface area contributed by atoms with Gasteiger partial charge in [-0.05, 0) is 12.8 Å². The standard InChI is InChI=1S/C12H20N6O3/c1-16(2)12(21)14-10-7-13-18(15-10)8-11(20)17-5-3-9(19)4-6-17/h7,9,19H,3-6,8H2,1-2H3,(H,14,15,21). The highest BCUT2D eigenvalue weighted by Gasteiger charge is 2.22. The first kappa shape index (κ1) is 15.2. The molecule has 1 aromatic heterocycles. The van der Waals surface area contributed by atoms with Crippen molar-refractivity contribution in [3.05, 3.63) is 6.20 Å². The molecule has 21 heavy (non-hydrogen) atoms. The Bertz CT molecular complexity index is 507. The molecule has 1 aliphatic rings. The van der Waals surface area contributed by atoms with Gasteiger partial charge in [-0.15, -0.1) is 5.10 Å². The molecule has 0 unspecified atom stereocenters. The number of hydrogen-bond donors (Lipinski definition) is 2. The molecule has 2 N–H and O–H groups in total. The summed E-state index contributed by atoms with van der Waals surface area (Å²) < 4.78 is 0. The molecule has 0 bridgehead atoms. The smallest absolute Gasteiger partial charge is 0.322 e. The van der Waals surface area contributed by atoms with Crippen LogP contribution in [0, 0.1) is 0 Å². The maximum Gasteiger partial charge on any atom is 0.322 e. The molecule has 3 amide bonds. The quantitative estimate of drug-likeness (QED) is 0.772. The molecule has 1 fully saturated rings. The lowest BCUT2D eigenvalue weighted by Gasteiger charge is -2.29. The van der Waals surface area contributed by atoms with Crippen LogP contribution in [0.15, 0.2) is 6.20 Å². The van der Waals surface area contributed by atoms with Crippen molar-refractivity contribution in [1.82, 2.24) is 24.8 Å². The van der Waals surface area contributed by atoms with E-state index in [1.807, 2.05) is 0 Å². The van der Waals surface area contributed by atoms with Crippen LogP contribution in [-0.2, 0) is 11.3 Å². The average molecular weight is 296 g/mol. The minimum Gasteiger partial charge on any atom is -0.393 e. The molecule has 116 valence electrons. The van der Waals surface area contributed by atoms with Gasteiger partial charge in [0.25, 0.3) is 0 Å². The van der Waals surface area contributed by atoms with Crippen molar-refractivity contribution < 1.29 is 14.7 Å². The summed E-state index contributed by atoms with van der Waals surface area (Å²) in [5, 5.41) is 20.0. The maximum absolute atomic E-state index is 12.1. The summed E-state index contributed by atoms with van der Waals surface area (Å²) in [5.41, 5.74) is 0. The van der Waals surface area contributed by atoms with Crippen molar-refractivity contribution in [2.45, 2.75) is 25.5 Å². The van der Waals surface area contributed by atoms with Crippen LogP contribution >= 0.6 is 0 Å². The molecule has 1 aromatic rings. The topological polar surface area (TPSA) is 104 Å². The number of nitrogens with zero attached hydrogens (tertiary/aromatic N) is 5. The van der Waals surface area contributed by atoms with Crippen LogP contribution in [0.1, 0.15) is 12.8 Å². The van der Waals surface area contributed by atoms with Gasteiger partial charge < -0.3 is 14.9 Å². The van der Waals surface area contributed by atoms with Crippen LogP contribution < -0.4 is 5.32 Å². The van der Waals surface area contributed by atoms with Crippen molar-refractivity contribution in [2.24, 2.45) is 0 Å². The van der Waals surface area contributed by atoms with Crippen LogP contribution in [0.3, 0.4) is 0 Å². The van der Waals surface area contributed by atoms with Crippen LogP contribution in [0.2, 0.25) is 0 Å². The van der Waals surface area contributed by atoms with Gasteiger partial charge in [-0.25, -0.2) is 4.79 Å². The predicted octanol–water partition coefficient (Wildman–Crippen LogP) is -0.645. The van der Waals surface area contributed by atoms with Gasteiger partial charge in [0.1, 0.15) is 6.54 Å². The van der Waals surface area contributed by atoms with E-state index in [9.17, 15) is 14.7 Å². The zero-order chi connectivity index (χ0) is 15.4. The molecule has 0 aliphatic carbocycles. The molecule has 0 aromatic carbocycles. The Hall–Kier alpha value is -2.16. The number of carbonyl (C=O) groups is 2. The SMILES string of the molecule is CN(C)C(=O)Nc1cnn(CC(=O)N2CCC(O)CC2)n1. The summed E-state index contributed by atoms with van der Waals surface area (Å²) in [4.78, 5) is 27.8. The average Bonchev–Trinajstić information content (AvgIpc) is 2.86. The van der Waals surface area contributed by atoms with Gasteiger partial charge in [0.05, 0.1) is 12.3 Å². The molecular formula is C12H20N6O3.